The molecule has 2 aliphatic carbocycles. The second kappa shape index (κ2) is 13.2. The molecular formula is C32H32Cl6O8. The van der Waals surface area contributed by atoms with Gasteiger partial charge in [-0.2, -0.15) is 0 Å². The Morgan fingerprint density at radius 3 is 1.15 bits per heavy atom. The van der Waals surface area contributed by atoms with Gasteiger partial charge in [-0.3, -0.25) is 0 Å². The highest BCUT2D eigenvalue weighted by molar-refractivity contribution is 6.47. The number of hydrogen-bond acceptors (Lipinski definition) is 8. The molecule has 2 saturated carbocycles. The maximum Gasteiger partial charge on any atom is 0.423 e. The second-order valence-electron chi connectivity index (χ2n) is 13.5. The molecule has 0 saturated heterocycles. The van der Waals surface area contributed by atoms with Gasteiger partial charge < -0.3 is 18.9 Å². The van der Waals surface area contributed by atoms with Crippen LogP contribution in [0.5, 0.6) is 11.5 Å². The Balaban J connectivity index is 1.57. The highest BCUT2D eigenvalue weighted by atomic mass is 35.5. The number of hydrogen-bond donors (Lipinski definition) is 0. The Labute approximate surface area is 297 Å². The fourth-order valence-electron chi connectivity index (χ4n) is 5.22. The lowest BCUT2D eigenvalue weighted by Gasteiger charge is -2.53. The molecule has 2 unspecified atom stereocenters. The number of halogens is 6. The topological polar surface area (TPSA) is 105 Å². The molecule has 0 heterocycles. The van der Waals surface area contributed by atoms with Crippen molar-refractivity contribution in [2.24, 2.45) is 21.7 Å². The summed E-state index contributed by atoms with van der Waals surface area (Å²) < 4.78 is 21.5. The quantitative estimate of drug-likeness (QED) is 0.113. The first kappa shape index (κ1) is 36.9. The van der Waals surface area contributed by atoms with Gasteiger partial charge in [0.25, 0.3) is 0 Å². The van der Waals surface area contributed by atoms with Gasteiger partial charge in [-0.15, -0.1) is 0 Å². The largest absolute Gasteiger partial charge is 0.461 e. The molecule has 2 atom stereocenters. The molecule has 0 N–H and O–H groups in total. The third-order valence-corrected chi connectivity index (χ3v) is 12.3. The molecule has 250 valence electrons. The molecule has 14 heteroatoms. The Morgan fingerprint density at radius 1 is 0.565 bits per heavy atom. The molecule has 0 radical (unpaired) electrons. The van der Waals surface area contributed by atoms with Crippen molar-refractivity contribution in [2.45, 2.75) is 67.2 Å². The minimum atomic E-state index is -1.65. The first-order chi connectivity index (χ1) is 21.1. The molecule has 2 aromatic rings. The molecular weight excluding hydrogens is 725 g/mol. The van der Waals surface area contributed by atoms with Gasteiger partial charge in [-0.25, -0.2) is 19.2 Å². The lowest BCUT2D eigenvalue weighted by Crippen LogP contribution is -2.48. The Kier molecular flexibility index (Phi) is 10.6. The number of carbonyl (C=O) groups is 4. The van der Waals surface area contributed by atoms with Crippen LogP contribution in [0.15, 0.2) is 12.1 Å². The summed E-state index contributed by atoms with van der Waals surface area (Å²) in [6.07, 6.45) is 3.56. The van der Waals surface area contributed by atoms with Crippen molar-refractivity contribution < 1.29 is 38.1 Å². The van der Waals surface area contributed by atoms with Gasteiger partial charge >= 0.3 is 23.9 Å². The summed E-state index contributed by atoms with van der Waals surface area (Å²) in [6, 6.07) is 2.25. The van der Waals surface area contributed by atoms with Gasteiger partial charge in [0, 0.05) is 10.8 Å². The van der Waals surface area contributed by atoms with Crippen LogP contribution in [0.1, 0.15) is 87.9 Å². The van der Waals surface area contributed by atoms with Crippen molar-refractivity contribution in [3.05, 3.63) is 53.4 Å². The zero-order valence-corrected chi connectivity index (χ0v) is 30.5. The van der Waals surface area contributed by atoms with Crippen molar-refractivity contribution >= 4 is 93.5 Å². The number of benzene rings is 2. The highest BCUT2D eigenvalue weighted by Crippen LogP contribution is 2.57. The van der Waals surface area contributed by atoms with E-state index < -0.39 is 46.5 Å². The van der Waals surface area contributed by atoms with E-state index in [1.54, 1.807) is 0 Å². The predicted octanol–water partition coefficient (Wildman–Crippen LogP) is 10.1. The molecule has 2 fully saturated rings. The molecule has 0 spiro atoms. The van der Waals surface area contributed by atoms with Gasteiger partial charge in [-0.1, -0.05) is 111 Å². The zero-order valence-electron chi connectivity index (χ0n) is 25.9. The average molecular weight is 757 g/mol. The van der Waals surface area contributed by atoms with Gasteiger partial charge in [0.15, 0.2) is 11.5 Å². The Hall–Kier alpha value is -1.94. The predicted molar refractivity (Wildman–Crippen MR) is 177 cm³/mol. The van der Waals surface area contributed by atoms with Crippen LogP contribution in [0.4, 0.5) is 0 Å². The van der Waals surface area contributed by atoms with E-state index in [4.69, 9.17) is 88.6 Å². The minimum absolute atomic E-state index is 0.0417. The smallest absolute Gasteiger partial charge is 0.423 e. The molecule has 0 bridgehead atoms. The second-order valence-corrected chi connectivity index (χ2v) is 15.9. The van der Waals surface area contributed by atoms with Crippen LogP contribution < -0.4 is 9.47 Å². The normalized spacial score (nSPS) is 22.6. The Bertz CT molecular complexity index is 1520. The van der Waals surface area contributed by atoms with Crippen LogP contribution in [-0.4, -0.2) is 37.1 Å². The summed E-state index contributed by atoms with van der Waals surface area (Å²) in [6.45, 7) is 12.3. The number of carbonyl (C=O) groups excluding carboxylic acids is 4. The van der Waals surface area contributed by atoms with Crippen molar-refractivity contribution in [1.29, 1.82) is 0 Å². The molecule has 2 aliphatic rings. The number of rotatable bonds is 8. The lowest BCUT2D eigenvalue weighted by atomic mass is 9.52. The number of esters is 4. The van der Waals surface area contributed by atoms with E-state index in [-0.39, 0.29) is 65.0 Å². The summed E-state index contributed by atoms with van der Waals surface area (Å²) in [4.78, 5) is 52.5. The van der Waals surface area contributed by atoms with E-state index in [0.717, 1.165) is 37.8 Å². The first-order valence-corrected chi connectivity index (χ1v) is 16.5. The Morgan fingerprint density at radius 2 is 0.891 bits per heavy atom. The van der Waals surface area contributed by atoms with Crippen LogP contribution in [0.25, 0.3) is 0 Å². The van der Waals surface area contributed by atoms with Crippen molar-refractivity contribution in [3.8, 4) is 11.5 Å². The van der Waals surface area contributed by atoms with E-state index in [2.05, 4.69) is 27.7 Å². The van der Waals surface area contributed by atoms with Gasteiger partial charge in [-0.05, 0) is 48.6 Å². The van der Waals surface area contributed by atoms with E-state index in [9.17, 15) is 19.2 Å². The minimum Gasteiger partial charge on any atom is -0.461 e. The molecule has 2 aromatic carbocycles. The summed E-state index contributed by atoms with van der Waals surface area (Å²) in [5, 5.41) is -1.51. The summed E-state index contributed by atoms with van der Waals surface area (Å²) in [5.41, 5.74) is -1.70. The van der Waals surface area contributed by atoms with Crippen LogP contribution in [-0.2, 0) is 19.1 Å². The van der Waals surface area contributed by atoms with Crippen molar-refractivity contribution in [3.63, 3.8) is 0 Å². The zero-order chi connectivity index (χ0) is 34.6. The lowest BCUT2D eigenvalue weighted by molar-refractivity contribution is -0.156. The third kappa shape index (κ3) is 6.81. The fraction of sp³-hybridized carbons (Fsp3) is 0.500. The third-order valence-electron chi connectivity index (χ3n) is 10.1. The van der Waals surface area contributed by atoms with E-state index in [1.807, 2.05) is 13.8 Å². The molecule has 4 rings (SSSR count). The van der Waals surface area contributed by atoms with E-state index in [1.165, 1.54) is 0 Å². The SMILES string of the molecule is CC1(C)CCC1(C)COC(=O)c1c(Cl)c(Cl)cc(Cl)c1OC(=O)C(=O)Oc1c(Cl)cc(Cl)c(Cl)c1C(=O)OCC1(C)CCC1(C)C. The average Bonchev–Trinajstić information content (AvgIpc) is 2.98. The van der Waals surface area contributed by atoms with Gasteiger partial charge in [0.1, 0.15) is 11.1 Å². The molecule has 0 aromatic heterocycles. The molecule has 46 heavy (non-hydrogen) atoms. The molecule has 0 aliphatic heterocycles. The van der Waals surface area contributed by atoms with Crippen LogP contribution in [0.3, 0.4) is 0 Å². The van der Waals surface area contributed by atoms with Crippen molar-refractivity contribution in [2.75, 3.05) is 13.2 Å². The number of ether oxygens (including phenoxy) is 4. The first-order valence-electron chi connectivity index (χ1n) is 14.3. The van der Waals surface area contributed by atoms with Crippen molar-refractivity contribution in [1.82, 2.24) is 0 Å². The van der Waals surface area contributed by atoms with Crippen LogP contribution in [0, 0.1) is 21.7 Å². The van der Waals surface area contributed by atoms with Crippen LogP contribution in [0.2, 0.25) is 30.1 Å². The molecule has 0 amide bonds. The van der Waals surface area contributed by atoms with Crippen LogP contribution >= 0.6 is 69.6 Å². The monoisotopic (exact) mass is 754 g/mol. The molecule has 8 nitrogen and oxygen atoms in total. The maximum absolute atomic E-state index is 13.2. The maximum atomic E-state index is 13.2. The summed E-state index contributed by atoms with van der Waals surface area (Å²) in [5.74, 6) is -6.42. The summed E-state index contributed by atoms with van der Waals surface area (Å²) >= 11 is 37.5. The van der Waals surface area contributed by atoms with Gasteiger partial charge in [0.2, 0.25) is 0 Å². The standard InChI is InChI=1S/C32H32Cl6O8/c1-29(2)7-9-31(29,5)13-43-25(39)19-21(37)15(33)11-17(35)23(19)45-27(41)28(42)46-24-18(36)12-16(34)22(38)20(24)26(40)44-14-32(6)10-8-30(32,3)4/h11-12H,7-10,13-14H2,1-6H3. The summed E-state index contributed by atoms with van der Waals surface area (Å²) in [7, 11) is 0. The van der Waals surface area contributed by atoms with Gasteiger partial charge in [0.05, 0.1) is 43.3 Å². The highest BCUT2D eigenvalue weighted by Gasteiger charge is 2.51. The van der Waals surface area contributed by atoms with E-state index >= 15 is 0 Å². The fourth-order valence-corrected chi connectivity index (χ4v) is 6.66. The van der Waals surface area contributed by atoms with E-state index in [0.29, 0.717) is 0 Å².